The van der Waals surface area contributed by atoms with E-state index in [9.17, 15) is 0 Å². The van der Waals surface area contributed by atoms with Crippen molar-refractivity contribution in [1.82, 2.24) is 9.97 Å². The maximum Gasteiger partial charge on any atom is 0.129 e. The van der Waals surface area contributed by atoms with Crippen molar-refractivity contribution in [1.29, 1.82) is 0 Å². The monoisotopic (exact) mass is 241 g/mol. The Morgan fingerprint density at radius 2 is 2.12 bits per heavy atom. The second-order valence-electron chi connectivity index (χ2n) is 3.91. The lowest BCUT2D eigenvalue weighted by Gasteiger charge is -2.11. The van der Waals surface area contributed by atoms with E-state index in [0.29, 0.717) is 0 Å². The summed E-state index contributed by atoms with van der Waals surface area (Å²) in [5, 5.41) is 3.43. The molecule has 90 valence electrons. The number of hydrogen-bond acceptors (Lipinski definition) is 3. The van der Waals surface area contributed by atoms with Gasteiger partial charge < -0.3 is 5.32 Å². The van der Waals surface area contributed by atoms with Gasteiger partial charge in [0.2, 0.25) is 0 Å². The molecule has 0 spiro atoms. The van der Waals surface area contributed by atoms with Crippen molar-refractivity contribution in [3.8, 4) is 0 Å². The predicted molar refractivity (Wildman–Crippen MR) is 69.2 cm³/mol. The fourth-order valence-electron chi connectivity index (χ4n) is 1.53. The molecule has 0 amide bonds. The topological polar surface area (TPSA) is 37.8 Å². The van der Waals surface area contributed by atoms with Crippen LogP contribution in [0.3, 0.4) is 0 Å². The maximum absolute atomic E-state index is 6.14. The van der Waals surface area contributed by atoms with Crippen LogP contribution in [-0.2, 0) is 6.42 Å². The minimum Gasteiger partial charge on any atom is -0.368 e. The molecule has 1 unspecified atom stereocenters. The van der Waals surface area contributed by atoms with Gasteiger partial charge in [-0.05, 0) is 19.8 Å². The summed E-state index contributed by atoms with van der Waals surface area (Å²) in [5.41, 5.74) is 1.07. The minimum absolute atomic E-state index is 0.172. The number of halogens is 1. The molecule has 0 aliphatic carbocycles. The van der Waals surface area contributed by atoms with Gasteiger partial charge in [-0.2, -0.15) is 0 Å². The Morgan fingerprint density at radius 1 is 1.38 bits per heavy atom. The molecule has 0 saturated carbocycles. The molecule has 0 aliphatic heterocycles. The lowest BCUT2D eigenvalue weighted by Crippen LogP contribution is -2.15. The summed E-state index contributed by atoms with van der Waals surface area (Å²) in [5.74, 6) is 1.69. The third-order valence-electron chi connectivity index (χ3n) is 2.36. The normalized spacial score (nSPS) is 12.5. The first-order chi connectivity index (χ1) is 7.65. The molecule has 1 atom stereocenters. The van der Waals surface area contributed by atoms with Crippen molar-refractivity contribution < 1.29 is 0 Å². The van der Waals surface area contributed by atoms with Crippen LogP contribution >= 0.6 is 11.6 Å². The van der Waals surface area contributed by atoms with E-state index in [-0.39, 0.29) is 5.38 Å². The van der Waals surface area contributed by atoms with Gasteiger partial charge in [0.15, 0.2) is 0 Å². The van der Waals surface area contributed by atoms with Crippen molar-refractivity contribution in [2.45, 2.75) is 45.4 Å². The van der Waals surface area contributed by atoms with Gasteiger partial charge in [-0.25, -0.2) is 9.97 Å². The van der Waals surface area contributed by atoms with Gasteiger partial charge in [-0.3, -0.25) is 0 Å². The van der Waals surface area contributed by atoms with E-state index >= 15 is 0 Å². The van der Waals surface area contributed by atoms with E-state index in [1.54, 1.807) is 0 Å². The standard InChI is InChI=1S/C12H20ClN3/c1-4-6-10(13)8-14-12-7-11(5-2)15-9(3)16-12/h7,10H,4-6,8H2,1-3H3,(H,14,15,16). The van der Waals surface area contributed by atoms with Gasteiger partial charge in [0.25, 0.3) is 0 Å². The lowest BCUT2D eigenvalue weighted by atomic mass is 10.2. The zero-order valence-electron chi connectivity index (χ0n) is 10.3. The van der Waals surface area contributed by atoms with Crippen LogP contribution in [0, 0.1) is 6.92 Å². The van der Waals surface area contributed by atoms with E-state index in [1.165, 1.54) is 0 Å². The molecule has 16 heavy (non-hydrogen) atoms. The smallest absolute Gasteiger partial charge is 0.129 e. The Bertz CT molecular complexity index is 328. The van der Waals surface area contributed by atoms with E-state index in [2.05, 4.69) is 29.1 Å². The first-order valence-corrected chi connectivity index (χ1v) is 6.31. The molecule has 4 heteroatoms. The van der Waals surface area contributed by atoms with E-state index in [0.717, 1.165) is 43.1 Å². The Labute approximate surface area is 103 Å². The lowest BCUT2D eigenvalue weighted by molar-refractivity contribution is 0.749. The summed E-state index contributed by atoms with van der Waals surface area (Å²) < 4.78 is 0. The molecule has 1 aromatic heterocycles. The third-order valence-corrected chi connectivity index (χ3v) is 2.73. The van der Waals surface area contributed by atoms with Gasteiger partial charge in [0, 0.05) is 18.3 Å². The number of nitrogens with one attached hydrogen (secondary N) is 1. The molecule has 0 fully saturated rings. The molecule has 1 heterocycles. The van der Waals surface area contributed by atoms with Gasteiger partial charge >= 0.3 is 0 Å². The summed E-state index contributed by atoms with van der Waals surface area (Å²) >= 11 is 6.14. The second-order valence-corrected chi connectivity index (χ2v) is 4.53. The second kappa shape index (κ2) is 6.69. The van der Waals surface area contributed by atoms with Crippen molar-refractivity contribution in [2.75, 3.05) is 11.9 Å². The molecule has 0 aromatic carbocycles. The molecular formula is C12H20ClN3. The molecule has 1 rings (SSSR count). The largest absolute Gasteiger partial charge is 0.368 e. The predicted octanol–water partition coefficient (Wildman–Crippen LogP) is 3.17. The van der Waals surface area contributed by atoms with Crippen LogP contribution in [-0.4, -0.2) is 21.9 Å². The molecule has 1 aromatic rings. The fourth-order valence-corrected chi connectivity index (χ4v) is 1.83. The van der Waals surface area contributed by atoms with Crippen LogP contribution in [0.2, 0.25) is 0 Å². The average molecular weight is 242 g/mol. The minimum atomic E-state index is 0.172. The summed E-state index contributed by atoms with van der Waals surface area (Å²) in [6, 6.07) is 1.99. The number of rotatable bonds is 6. The molecule has 0 aliphatic rings. The quantitative estimate of drug-likeness (QED) is 0.778. The fraction of sp³-hybridized carbons (Fsp3) is 0.667. The Hall–Kier alpha value is -0.830. The number of nitrogens with zero attached hydrogens (tertiary/aromatic N) is 2. The summed E-state index contributed by atoms with van der Waals surface area (Å²) in [6.45, 7) is 6.90. The molecule has 1 N–H and O–H groups in total. The number of alkyl halides is 1. The maximum atomic E-state index is 6.14. The van der Waals surface area contributed by atoms with Crippen LogP contribution in [0.25, 0.3) is 0 Å². The SMILES string of the molecule is CCCC(Cl)CNc1cc(CC)nc(C)n1. The van der Waals surface area contributed by atoms with Crippen LogP contribution in [0.5, 0.6) is 0 Å². The highest BCUT2D eigenvalue weighted by Crippen LogP contribution is 2.10. The molecule has 0 saturated heterocycles. The van der Waals surface area contributed by atoms with Crippen LogP contribution in [0.15, 0.2) is 6.07 Å². The Balaban J connectivity index is 2.56. The summed E-state index contributed by atoms with van der Waals surface area (Å²) in [4.78, 5) is 8.66. The van der Waals surface area contributed by atoms with Crippen molar-refractivity contribution in [3.63, 3.8) is 0 Å². The van der Waals surface area contributed by atoms with Crippen molar-refractivity contribution in [3.05, 3.63) is 17.6 Å². The van der Waals surface area contributed by atoms with Gasteiger partial charge in [-0.15, -0.1) is 11.6 Å². The van der Waals surface area contributed by atoms with E-state index < -0.39 is 0 Å². The van der Waals surface area contributed by atoms with Gasteiger partial charge in [0.1, 0.15) is 11.6 Å². The van der Waals surface area contributed by atoms with E-state index in [4.69, 9.17) is 11.6 Å². The highest BCUT2D eigenvalue weighted by atomic mass is 35.5. The van der Waals surface area contributed by atoms with Crippen LogP contribution in [0.1, 0.15) is 38.2 Å². The molecular weight excluding hydrogens is 222 g/mol. The van der Waals surface area contributed by atoms with Gasteiger partial charge in [0.05, 0.1) is 5.38 Å². The average Bonchev–Trinajstić information content (AvgIpc) is 2.26. The number of aryl methyl sites for hydroxylation is 2. The van der Waals surface area contributed by atoms with Gasteiger partial charge in [-0.1, -0.05) is 20.3 Å². The van der Waals surface area contributed by atoms with Crippen LogP contribution in [0.4, 0.5) is 5.82 Å². The highest BCUT2D eigenvalue weighted by molar-refractivity contribution is 6.20. The third kappa shape index (κ3) is 4.35. The first-order valence-electron chi connectivity index (χ1n) is 5.88. The Kier molecular flexibility index (Phi) is 5.53. The summed E-state index contributed by atoms with van der Waals surface area (Å²) in [6.07, 6.45) is 3.06. The first kappa shape index (κ1) is 13.2. The Morgan fingerprint density at radius 3 is 2.75 bits per heavy atom. The number of hydrogen-bond donors (Lipinski definition) is 1. The zero-order chi connectivity index (χ0) is 12.0. The molecule has 3 nitrogen and oxygen atoms in total. The van der Waals surface area contributed by atoms with E-state index in [1.807, 2.05) is 13.0 Å². The van der Waals surface area contributed by atoms with Crippen molar-refractivity contribution in [2.24, 2.45) is 0 Å². The zero-order valence-corrected chi connectivity index (χ0v) is 11.0. The molecule has 0 bridgehead atoms. The van der Waals surface area contributed by atoms with Crippen molar-refractivity contribution >= 4 is 17.4 Å². The number of aromatic nitrogens is 2. The molecule has 0 radical (unpaired) electrons. The number of anilines is 1. The summed E-state index contributed by atoms with van der Waals surface area (Å²) in [7, 11) is 0. The van der Waals surface area contributed by atoms with Crippen LogP contribution < -0.4 is 5.32 Å². The highest BCUT2D eigenvalue weighted by Gasteiger charge is 2.04.